The SMILES string of the molecule is COc1ccc(OC)c(NC(=O)C2(CO)COC2)c1. The first-order chi connectivity index (χ1) is 9.15. The maximum atomic E-state index is 12.2. The average Bonchev–Trinajstić information content (AvgIpc) is 2.38. The summed E-state index contributed by atoms with van der Waals surface area (Å²) in [5.74, 6) is 0.856. The maximum absolute atomic E-state index is 12.2. The normalized spacial score (nSPS) is 16.4. The largest absolute Gasteiger partial charge is 0.497 e. The Kier molecular flexibility index (Phi) is 3.92. The van der Waals surface area contributed by atoms with Crippen molar-refractivity contribution in [2.75, 3.05) is 39.4 Å². The summed E-state index contributed by atoms with van der Waals surface area (Å²) in [7, 11) is 3.06. The second kappa shape index (κ2) is 5.46. The lowest BCUT2D eigenvalue weighted by atomic mass is 9.86. The lowest BCUT2D eigenvalue weighted by molar-refractivity contribution is -0.164. The van der Waals surface area contributed by atoms with Gasteiger partial charge in [0.05, 0.1) is 39.7 Å². The molecule has 1 heterocycles. The van der Waals surface area contributed by atoms with Crippen LogP contribution in [0.5, 0.6) is 11.5 Å². The first-order valence-electron chi connectivity index (χ1n) is 5.87. The standard InChI is InChI=1S/C13H17NO5/c1-17-9-3-4-11(18-2)10(5-9)14-12(16)13(6-15)7-19-8-13/h3-5,15H,6-8H2,1-2H3,(H,14,16). The molecule has 1 aromatic carbocycles. The van der Waals surface area contributed by atoms with Crippen molar-refractivity contribution in [3.05, 3.63) is 18.2 Å². The Labute approximate surface area is 111 Å². The van der Waals surface area contributed by atoms with Crippen LogP contribution in [0.2, 0.25) is 0 Å². The number of rotatable bonds is 5. The third-order valence-corrected chi connectivity index (χ3v) is 3.20. The molecule has 0 unspecified atom stereocenters. The fraction of sp³-hybridized carbons (Fsp3) is 0.462. The number of hydrogen-bond donors (Lipinski definition) is 2. The highest BCUT2D eigenvalue weighted by Crippen LogP contribution is 2.33. The highest BCUT2D eigenvalue weighted by atomic mass is 16.5. The fourth-order valence-electron chi connectivity index (χ4n) is 1.81. The van der Waals surface area contributed by atoms with E-state index in [0.717, 1.165) is 0 Å². The molecule has 1 saturated heterocycles. The first kappa shape index (κ1) is 13.6. The molecule has 6 nitrogen and oxygen atoms in total. The summed E-state index contributed by atoms with van der Waals surface area (Å²) in [4.78, 5) is 12.2. The quantitative estimate of drug-likeness (QED) is 0.819. The van der Waals surface area contributed by atoms with Crippen molar-refractivity contribution in [2.45, 2.75) is 0 Å². The molecule has 0 atom stereocenters. The highest BCUT2D eigenvalue weighted by molar-refractivity contribution is 5.97. The van der Waals surface area contributed by atoms with Crippen LogP contribution in [-0.2, 0) is 9.53 Å². The van der Waals surface area contributed by atoms with Gasteiger partial charge in [-0.05, 0) is 12.1 Å². The zero-order valence-electron chi connectivity index (χ0n) is 10.9. The van der Waals surface area contributed by atoms with E-state index >= 15 is 0 Å². The van der Waals surface area contributed by atoms with E-state index in [1.165, 1.54) is 7.11 Å². The van der Waals surface area contributed by atoms with E-state index in [2.05, 4.69) is 5.32 Å². The number of amides is 1. The van der Waals surface area contributed by atoms with Crippen LogP contribution in [0.25, 0.3) is 0 Å². The van der Waals surface area contributed by atoms with Gasteiger partial charge in [-0.1, -0.05) is 0 Å². The number of methoxy groups -OCH3 is 2. The number of ether oxygens (including phenoxy) is 3. The van der Waals surface area contributed by atoms with Crippen molar-refractivity contribution >= 4 is 11.6 Å². The van der Waals surface area contributed by atoms with Crippen LogP contribution in [0.4, 0.5) is 5.69 Å². The molecule has 0 bridgehead atoms. The van der Waals surface area contributed by atoms with Gasteiger partial charge in [0.25, 0.3) is 0 Å². The molecular formula is C13H17NO5. The molecule has 6 heteroatoms. The molecule has 1 amide bonds. The fourth-order valence-corrected chi connectivity index (χ4v) is 1.81. The van der Waals surface area contributed by atoms with Gasteiger partial charge in [0.2, 0.25) is 5.91 Å². The second-order valence-electron chi connectivity index (χ2n) is 4.45. The number of anilines is 1. The summed E-state index contributed by atoms with van der Waals surface area (Å²) < 4.78 is 15.3. The predicted molar refractivity (Wildman–Crippen MR) is 68.5 cm³/mol. The minimum atomic E-state index is -0.853. The van der Waals surface area contributed by atoms with Gasteiger partial charge >= 0.3 is 0 Å². The van der Waals surface area contributed by atoms with E-state index < -0.39 is 5.41 Å². The molecule has 0 saturated carbocycles. The second-order valence-corrected chi connectivity index (χ2v) is 4.45. The summed E-state index contributed by atoms with van der Waals surface area (Å²) >= 11 is 0. The van der Waals surface area contributed by atoms with Gasteiger partial charge in [-0.15, -0.1) is 0 Å². The maximum Gasteiger partial charge on any atom is 0.237 e. The Balaban J connectivity index is 2.19. The molecular weight excluding hydrogens is 250 g/mol. The Hall–Kier alpha value is -1.79. The summed E-state index contributed by atoms with van der Waals surface area (Å²) in [6.07, 6.45) is 0. The molecule has 1 fully saturated rings. The number of nitrogens with one attached hydrogen (secondary N) is 1. The number of carbonyl (C=O) groups is 1. The third-order valence-electron chi connectivity index (χ3n) is 3.20. The van der Waals surface area contributed by atoms with Gasteiger partial charge in [0.15, 0.2) is 0 Å². The number of carbonyl (C=O) groups excluding carboxylic acids is 1. The van der Waals surface area contributed by atoms with E-state index in [1.807, 2.05) is 0 Å². The molecule has 1 aliphatic rings. The van der Waals surface area contributed by atoms with E-state index in [4.69, 9.17) is 14.2 Å². The molecule has 0 spiro atoms. The summed E-state index contributed by atoms with van der Waals surface area (Å²) in [5, 5.41) is 12.1. The number of benzene rings is 1. The lowest BCUT2D eigenvalue weighted by Crippen LogP contribution is -2.54. The molecule has 2 N–H and O–H groups in total. The average molecular weight is 267 g/mol. The summed E-state index contributed by atoms with van der Waals surface area (Å²) in [5.41, 5.74) is -0.347. The topological polar surface area (TPSA) is 77.0 Å². The monoisotopic (exact) mass is 267 g/mol. The van der Waals surface area contributed by atoms with Crippen molar-refractivity contribution in [2.24, 2.45) is 5.41 Å². The van der Waals surface area contributed by atoms with Crippen molar-refractivity contribution in [3.63, 3.8) is 0 Å². The van der Waals surface area contributed by atoms with Crippen LogP contribution in [-0.4, -0.2) is 45.1 Å². The van der Waals surface area contributed by atoms with Gasteiger partial charge in [0.1, 0.15) is 16.9 Å². The lowest BCUT2D eigenvalue weighted by Gasteiger charge is -2.38. The van der Waals surface area contributed by atoms with Crippen LogP contribution in [0, 0.1) is 5.41 Å². The van der Waals surface area contributed by atoms with E-state index in [-0.39, 0.29) is 25.7 Å². The van der Waals surface area contributed by atoms with Crippen molar-refractivity contribution < 1.29 is 24.1 Å². The molecule has 19 heavy (non-hydrogen) atoms. The number of hydrogen-bond acceptors (Lipinski definition) is 5. The van der Waals surface area contributed by atoms with Gasteiger partial charge in [-0.25, -0.2) is 0 Å². The van der Waals surface area contributed by atoms with Gasteiger partial charge in [-0.2, -0.15) is 0 Å². The van der Waals surface area contributed by atoms with Crippen LogP contribution in [0.3, 0.4) is 0 Å². The van der Waals surface area contributed by atoms with Crippen molar-refractivity contribution in [3.8, 4) is 11.5 Å². The summed E-state index contributed by atoms with van der Waals surface area (Å²) in [6.45, 7) is 0.203. The van der Waals surface area contributed by atoms with Crippen LogP contribution < -0.4 is 14.8 Å². The van der Waals surface area contributed by atoms with Gasteiger partial charge < -0.3 is 24.6 Å². The first-order valence-corrected chi connectivity index (χ1v) is 5.87. The molecule has 1 aromatic rings. The Morgan fingerprint density at radius 3 is 2.63 bits per heavy atom. The van der Waals surface area contributed by atoms with E-state index in [9.17, 15) is 9.90 Å². The van der Waals surface area contributed by atoms with Crippen molar-refractivity contribution in [1.29, 1.82) is 0 Å². The minimum Gasteiger partial charge on any atom is -0.497 e. The molecule has 104 valence electrons. The minimum absolute atomic E-state index is 0.224. The number of aliphatic hydroxyl groups excluding tert-OH is 1. The Bertz CT molecular complexity index is 465. The van der Waals surface area contributed by atoms with E-state index in [0.29, 0.717) is 17.2 Å². The summed E-state index contributed by atoms with van der Waals surface area (Å²) in [6, 6.07) is 5.11. The zero-order valence-corrected chi connectivity index (χ0v) is 10.9. The molecule has 0 radical (unpaired) electrons. The Morgan fingerprint density at radius 1 is 1.42 bits per heavy atom. The molecule has 0 aromatic heterocycles. The van der Waals surface area contributed by atoms with Crippen LogP contribution in [0.15, 0.2) is 18.2 Å². The highest BCUT2D eigenvalue weighted by Gasteiger charge is 2.45. The molecule has 0 aliphatic carbocycles. The zero-order chi connectivity index (χ0) is 13.9. The third kappa shape index (κ3) is 2.50. The van der Waals surface area contributed by atoms with Crippen LogP contribution in [0.1, 0.15) is 0 Å². The van der Waals surface area contributed by atoms with Crippen LogP contribution >= 0.6 is 0 Å². The molecule has 2 rings (SSSR count). The smallest absolute Gasteiger partial charge is 0.237 e. The predicted octanol–water partition coefficient (Wildman–Crippen LogP) is 0.651. The number of aliphatic hydroxyl groups is 1. The molecule has 1 aliphatic heterocycles. The van der Waals surface area contributed by atoms with Crippen molar-refractivity contribution in [1.82, 2.24) is 0 Å². The Morgan fingerprint density at radius 2 is 2.16 bits per heavy atom. The van der Waals surface area contributed by atoms with E-state index in [1.54, 1.807) is 25.3 Å². The van der Waals surface area contributed by atoms with Gasteiger partial charge in [-0.3, -0.25) is 4.79 Å². The van der Waals surface area contributed by atoms with Gasteiger partial charge in [0, 0.05) is 6.07 Å².